The van der Waals surface area contributed by atoms with E-state index < -0.39 is 0 Å². The zero-order valence-corrected chi connectivity index (χ0v) is 12.9. The van der Waals surface area contributed by atoms with Crippen LogP contribution >= 0.6 is 11.3 Å². The van der Waals surface area contributed by atoms with Crippen LogP contribution in [0.4, 0.5) is 0 Å². The molecule has 0 fully saturated rings. The van der Waals surface area contributed by atoms with Gasteiger partial charge in [-0.1, -0.05) is 44.2 Å². The van der Waals surface area contributed by atoms with Crippen molar-refractivity contribution in [1.82, 2.24) is 4.98 Å². The number of hydrogen-bond acceptors (Lipinski definition) is 3. The molecule has 1 aromatic heterocycles. The molecule has 1 aromatic carbocycles. The first-order chi connectivity index (χ1) is 8.91. The van der Waals surface area contributed by atoms with Crippen LogP contribution in [0.2, 0.25) is 0 Å². The summed E-state index contributed by atoms with van der Waals surface area (Å²) in [5.74, 6) is 0. The second kappa shape index (κ2) is 5.43. The molecular formula is C16H22N2S. The Morgan fingerprint density at radius 3 is 2.37 bits per heavy atom. The number of aromatic nitrogens is 1. The van der Waals surface area contributed by atoms with Crippen LogP contribution < -0.4 is 5.73 Å². The largest absolute Gasteiger partial charge is 0.327 e. The van der Waals surface area contributed by atoms with Crippen LogP contribution in [0, 0.1) is 13.8 Å². The molecule has 0 radical (unpaired) electrons. The topological polar surface area (TPSA) is 38.9 Å². The molecule has 0 aliphatic carbocycles. The molecule has 102 valence electrons. The molecule has 19 heavy (non-hydrogen) atoms. The van der Waals surface area contributed by atoms with Crippen molar-refractivity contribution in [2.24, 2.45) is 5.73 Å². The zero-order chi connectivity index (χ0) is 14.0. The Morgan fingerprint density at radius 2 is 1.84 bits per heavy atom. The Labute approximate surface area is 119 Å². The summed E-state index contributed by atoms with van der Waals surface area (Å²) in [6.07, 6.45) is 0.835. The Hall–Kier alpha value is -1.19. The van der Waals surface area contributed by atoms with Gasteiger partial charge in [-0.05, 0) is 19.4 Å². The highest BCUT2D eigenvalue weighted by Gasteiger charge is 2.29. The lowest BCUT2D eigenvalue weighted by Gasteiger charge is -2.31. The van der Waals surface area contributed by atoms with Crippen molar-refractivity contribution in [2.45, 2.75) is 45.6 Å². The van der Waals surface area contributed by atoms with Crippen LogP contribution in [0.15, 0.2) is 30.3 Å². The second-order valence-electron chi connectivity index (χ2n) is 5.65. The SMILES string of the molecule is Cc1nc(CC(N)C(C)(C)c2ccccc2)sc1C. The first kappa shape index (κ1) is 14.2. The summed E-state index contributed by atoms with van der Waals surface area (Å²) < 4.78 is 0. The molecule has 0 bridgehead atoms. The summed E-state index contributed by atoms with van der Waals surface area (Å²) in [6, 6.07) is 10.6. The van der Waals surface area contributed by atoms with Gasteiger partial charge in [-0.25, -0.2) is 4.98 Å². The van der Waals surface area contributed by atoms with E-state index in [1.165, 1.54) is 10.4 Å². The minimum atomic E-state index is -0.0469. The van der Waals surface area contributed by atoms with Crippen molar-refractivity contribution in [1.29, 1.82) is 0 Å². The average molecular weight is 274 g/mol. The minimum Gasteiger partial charge on any atom is -0.327 e. The number of thiazole rings is 1. The Kier molecular flexibility index (Phi) is 4.07. The van der Waals surface area contributed by atoms with Crippen molar-refractivity contribution in [3.05, 3.63) is 51.5 Å². The van der Waals surface area contributed by atoms with E-state index >= 15 is 0 Å². The molecule has 2 N–H and O–H groups in total. The predicted molar refractivity (Wildman–Crippen MR) is 82.7 cm³/mol. The molecule has 0 saturated heterocycles. The highest BCUT2D eigenvalue weighted by atomic mass is 32.1. The van der Waals surface area contributed by atoms with Crippen molar-refractivity contribution in [2.75, 3.05) is 0 Å². The van der Waals surface area contributed by atoms with Gasteiger partial charge in [0.25, 0.3) is 0 Å². The Bertz CT molecular complexity index is 524. The first-order valence-electron chi connectivity index (χ1n) is 6.65. The van der Waals surface area contributed by atoms with Crippen LogP contribution in [0.5, 0.6) is 0 Å². The number of hydrogen-bond donors (Lipinski definition) is 1. The van der Waals surface area contributed by atoms with Gasteiger partial charge in [0.05, 0.1) is 10.7 Å². The van der Waals surface area contributed by atoms with Crippen molar-refractivity contribution in [3.63, 3.8) is 0 Å². The normalized spacial score (nSPS) is 13.5. The molecule has 2 aromatic rings. The maximum absolute atomic E-state index is 6.44. The molecule has 0 aliphatic heterocycles. The van der Waals surface area contributed by atoms with Crippen LogP contribution in [-0.2, 0) is 11.8 Å². The Morgan fingerprint density at radius 1 is 1.21 bits per heavy atom. The van der Waals surface area contributed by atoms with Crippen molar-refractivity contribution in [3.8, 4) is 0 Å². The standard InChI is InChI=1S/C16H22N2S/c1-11-12(2)19-15(18-11)10-14(17)16(3,4)13-8-6-5-7-9-13/h5-9,14H,10,17H2,1-4H3. The Balaban J connectivity index is 2.17. The number of nitrogens with two attached hydrogens (primary N) is 1. The van der Waals surface area contributed by atoms with Gasteiger partial charge in [-0.15, -0.1) is 11.3 Å². The van der Waals surface area contributed by atoms with Gasteiger partial charge >= 0.3 is 0 Å². The zero-order valence-electron chi connectivity index (χ0n) is 12.1. The van der Waals surface area contributed by atoms with E-state index in [0.29, 0.717) is 0 Å². The summed E-state index contributed by atoms with van der Waals surface area (Å²) in [5, 5.41) is 1.14. The lowest BCUT2D eigenvalue weighted by atomic mass is 9.77. The molecule has 0 amide bonds. The number of aryl methyl sites for hydroxylation is 2. The number of rotatable bonds is 4. The third kappa shape index (κ3) is 3.04. The highest BCUT2D eigenvalue weighted by Crippen LogP contribution is 2.29. The van der Waals surface area contributed by atoms with E-state index in [-0.39, 0.29) is 11.5 Å². The lowest BCUT2D eigenvalue weighted by Crippen LogP contribution is -2.42. The molecule has 0 saturated carbocycles. The van der Waals surface area contributed by atoms with Gasteiger partial charge in [0.1, 0.15) is 0 Å². The molecule has 0 aliphatic rings. The summed E-state index contributed by atoms with van der Waals surface area (Å²) >= 11 is 1.76. The van der Waals surface area contributed by atoms with Crippen LogP contribution in [0.25, 0.3) is 0 Å². The fraction of sp³-hybridized carbons (Fsp3) is 0.438. The van der Waals surface area contributed by atoms with Crippen LogP contribution in [0.3, 0.4) is 0 Å². The van der Waals surface area contributed by atoms with Gasteiger partial charge in [-0.3, -0.25) is 0 Å². The van der Waals surface area contributed by atoms with Crippen LogP contribution in [-0.4, -0.2) is 11.0 Å². The van der Waals surface area contributed by atoms with E-state index in [2.05, 4.69) is 56.9 Å². The monoisotopic (exact) mass is 274 g/mol. The van der Waals surface area contributed by atoms with E-state index in [1.54, 1.807) is 11.3 Å². The van der Waals surface area contributed by atoms with E-state index in [0.717, 1.165) is 17.1 Å². The summed E-state index contributed by atoms with van der Waals surface area (Å²) in [6.45, 7) is 8.59. The van der Waals surface area contributed by atoms with Crippen LogP contribution in [0.1, 0.15) is 35.0 Å². The van der Waals surface area contributed by atoms with Gasteiger partial charge in [0.15, 0.2) is 0 Å². The van der Waals surface area contributed by atoms with Gasteiger partial charge < -0.3 is 5.73 Å². The lowest BCUT2D eigenvalue weighted by molar-refractivity contribution is 0.406. The van der Waals surface area contributed by atoms with Crippen molar-refractivity contribution >= 4 is 11.3 Å². The number of nitrogens with zero attached hydrogens (tertiary/aromatic N) is 1. The average Bonchev–Trinajstić information content (AvgIpc) is 2.69. The second-order valence-corrected chi connectivity index (χ2v) is 6.94. The molecule has 1 atom stereocenters. The van der Waals surface area contributed by atoms with E-state index in [9.17, 15) is 0 Å². The third-order valence-electron chi connectivity index (χ3n) is 3.91. The molecular weight excluding hydrogens is 252 g/mol. The maximum Gasteiger partial charge on any atom is 0.0946 e. The molecule has 1 unspecified atom stereocenters. The summed E-state index contributed by atoms with van der Waals surface area (Å²) in [5.41, 5.74) is 8.81. The molecule has 0 spiro atoms. The predicted octanol–water partition coefficient (Wildman–Crippen LogP) is 3.61. The van der Waals surface area contributed by atoms with E-state index in [1.807, 2.05) is 6.07 Å². The van der Waals surface area contributed by atoms with Gasteiger partial charge in [0, 0.05) is 22.8 Å². The highest BCUT2D eigenvalue weighted by molar-refractivity contribution is 7.11. The third-order valence-corrected chi connectivity index (χ3v) is 5.01. The fourth-order valence-electron chi connectivity index (χ4n) is 2.15. The molecule has 2 nitrogen and oxygen atoms in total. The summed E-state index contributed by atoms with van der Waals surface area (Å²) in [7, 11) is 0. The van der Waals surface area contributed by atoms with Gasteiger partial charge in [0.2, 0.25) is 0 Å². The molecule has 3 heteroatoms. The molecule has 1 heterocycles. The van der Waals surface area contributed by atoms with E-state index in [4.69, 9.17) is 5.73 Å². The quantitative estimate of drug-likeness (QED) is 0.925. The molecule has 2 rings (SSSR count). The minimum absolute atomic E-state index is 0.0469. The van der Waals surface area contributed by atoms with Gasteiger partial charge in [-0.2, -0.15) is 0 Å². The smallest absolute Gasteiger partial charge is 0.0946 e. The first-order valence-corrected chi connectivity index (χ1v) is 7.47. The van der Waals surface area contributed by atoms with Crippen molar-refractivity contribution < 1.29 is 0 Å². The number of benzene rings is 1. The fourth-order valence-corrected chi connectivity index (χ4v) is 3.14. The summed E-state index contributed by atoms with van der Waals surface area (Å²) in [4.78, 5) is 5.89. The maximum atomic E-state index is 6.44.